The van der Waals surface area contributed by atoms with Crippen molar-refractivity contribution >= 4 is 33.2 Å². The molecule has 2 aromatic carbocycles. The Labute approximate surface area is 168 Å². The van der Waals surface area contributed by atoms with Crippen molar-refractivity contribution in [1.82, 2.24) is 4.31 Å². The first-order chi connectivity index (χ1) is 13.2. The number of rotatable bonds is 4. The van der Waals surface area contributed by atoms with E-state index >= 15 is 0 Å². The Morgan fingerprint density at radius 2 is 1.75 bits per heavy atom. The van der Waals surface area contributed by atoms with Crippen molar-refractivity contribution in [2.24, 2.45) is 0 Å². The summed E-state index contributed by atoms with van der Waals surface area (Å²) in [7, 11) is -3.68. The van der Waals surface area contributed by atoms with Gasteiger partial charge in [0, 0.05) is 24.3 Å². The van der Waals surface area contributed by atoms with E-state index in [1.54, 1.807) is 0 Å². The number of sulfonamides is 1. The number of benzene rings is 2. The molecule has 0 aliphatic carbocycles. The number of nitrogens with zero attached hydrogens (tertiary/aromatic N) is 1. The van der Waals surface area contributed by atoms with Crippen LogP contribution in [0, 0.1) is 5.82 Å². The second-order valence-electron chi connectivity index (χ2n) is 6.69. The van der Waals surface area contributed by atoms with Crippen LogP contribution < -0.4 is 5.32 Å². The highest BCUT2D eigenvalue weighted by atomic mass is 35.5. The van der Waals surface area contributed by atoms with Gasteiger partial charge in [0.1, 0.15) is 5.82 Å². The molecule has 1 heterocycles. The second kappa shape index (κ2) is 8.16. The van der Waals surface area contributed by atoms with Crippen molar-refractivity contribution < 1.29 is 22.3 Å². The number of amides is 1. The van der Waals surface area contributed by atoms with Gasteiger partial charge in [-0.05, 0) is 56.3 Å². The largest absolute Gasteiger partial charge is 0.373 e. The maximum Gasteiger partial charge on any atom is 0.255 e. The number of morpholine rings is 1. The highest BCUT2D eigenvalue weighted by molar-refractivity contribution is 7.89. The monoisotopic (exact) mass is 426 g/mol. The summed E-state index contributed by atoms with van der Waals surface area (Å²) in [6.07, 6.45) is -0.378. The van der Waals surface area contributed by atoms with E-state index in [0.717, 1.165) is 6.07 Å². The molecule has 1 aliphatic heterocycles. The van der Waals surface area contributed by atoms with Crippen molar-refractivity contribution in [3.8, 4) is 0 Å². The molecular formula is C19H20ClFN2O4S. The standard InChI is InChI=1S/C19H20ClFN2O4S/c1-12-10-23(11-13(2)27-12)28(25,26)16-6-3-14(4-7-16)19(24)22-15-5-8-18(21)17(20)9-15/h3-9,12-13H,10-11H2,1-2H3,(H,22,24). The molecule has 1 saturated heterocycles. The highest BCUT2D eigenvalue weighted by Gasteiger charge is 2.32. The highest BCUT2D eigenvalue weighted by Crippen LogP contribution is 2.23. The third-order valence-electron chi connectivity index (χ3n) is 4.32. The normalized spacial score (nSPS) is 20.7. The molecule has 2 aromatic rings. The smallest absolute Gasteiger partial charge is 0.255 e. The molecule has 2 unspecified atom stereocenters. The van der Waals surface area contributed by atoms with E-state index < -0.39 is 21.7 Å². The lowest BCUT2D eigenvalue weighted by molar-refractivity contribution is -0.0440. The lowest BCUT2D eigenvalue weighted by Crippen LogP contribution is -2.48. The summed E-state index contributed by atoms with van der Waals surface area (Å²) in [5.41, 5.74) is 0.604. The number of hydrogen-bond acceptors (Lipinski definition) is 4. The Morgan fingerprint density at radius 1 is 1.14 bits per heavy atom. The molecular weight excluding hydrogens is 407 g/mol. The fourth-order valence-corrected chi connectivity index (χ4v) is 4.80. The van der Waals surface area contributed by atoms with Gasteiger partial charge in [0.15, 0.2) is 0 Å². The molecule has 1 amide bonds. The molecule has 0 bridgehead atoms. The molecule has 6 nitrogen and oxygen atoms in total. The SMILES string of the molecule is CC1CN(S(=O)(=O)c2ccc(C(=O)Nc3ccc(F)c(Cl)c3)cc2)CC(C)O1. The van der Waals surface area contributed by atoms with Crippen LogP contribution in [0.3, 0.4) is 0 Å². The minimum atomic E-state index is -3.68. The van der Waals surface area contributed by atoms with Gasteiger partial charge in [-0.2, -0.15) is 4.31 Å². The summed E-state index contributed by atoms with van der Waals surface area (Å²) in [5.74, 6) is -1.04. The van der Waals surface area contributed by atoms with Gasteiger partial charge < -0.3 is 10.1 Å². The van der Waals surface area contributed by atoms with Crippen molar-refractivity contribution in [2.45, 2.75) is 31.0 Å². The summed E-state index contributed by atoms with van der Waals surface area (Å²) in [6.45, 7) is 4.21. The summed E-state index contributed by atoms with van der Waals surface area (Å²) in [4.78, 5) is 12.4. The molecule has 0 saturated carbocycles. The van der Waals surface area contributed by atoms with Crippen LogP contribution in [0.2, 0.25) is 5.02 Å². The minimum absolute atomic E-state index is 0.104. The predicted octanol–water partition coefficient (Wildman–Crippen LogP) is 3.53. The van der Waals surface area contributed by atoms with Gasteiger partial charge in [-0.15, -0.1) is 0 Å². The van der Waals surface area contributed by atoms with Crippen LogP contribution in [0.15, 0.2) is 47.4 Å². The third kappa shape index (κ3) is 4.52. The average Bonchev–Trinajstić information content (AvgIpc) is 2.64. The number of carbonyl (C=O) groups is 1. The first-order valence-corrected chi connectivity index (χ1v) is 10.5. The zero-order chi connectivity index (χ0) is 20.5. The zero-order valence-corrected chi connectivity index (χ0v) is 16.9. The van der Waals surface area contributed by atoms with Crippen LogP contribution in [0.5, 0.6) is 0 Å². The van der Waals surface area contributed by atoms with Crippen LogP contribution in [0.25, 0.3) is 0 Å². The molecule has 1 fully saturated rings. The van der Waals surface area contributed by atoms with Crippen molar-refractivity contribution in [1.29, 1.82) is 0 Å². The van der Waals surface area contributed by atoms with Gasteiger partial charge in [-0.25, -0.2) is 12.8 Å². The van der Waals surface area contributed by atoms with E-state index in [4.69, 9.17) is 16.3 Å². The van der Waals surface area contributed by atoms with Crippen molar-refractivity contribution in [3.05, 3.63) is 58.9 Å². The first-order valence-electron chi connectivity index (χ1n) is 8.69. The van der Waals surface area contributed by atoms with Gasteiger partial charge in [-0.1, -0.05) is 11.6 Å². The molecule has 2 atom stereocenters. The summed E-state index contributed by atoms with van der Waals surface area (Å²) in [6, 6.07) is 9.49. The zero-order valence-electron chi connectivity index (χ0n) is 15.4. The van der Waals surface area contributed by atoms with E-state index in [-0.39, 0.29) is 40.8 Å². The van der Waals surface area contributed by atoms with Crippen LogP contribution in [0.4, 0.5) is 10.1 Å². The maximum absolute atomic E-state index is 13.2. The van der Waals surface area contributed by atoms with E-state index in [0.29, 0.717) is 5.69 Å². The topological polar surface area (TPSA) is 75.7 Å². The van der Waals surface area contributed by atoms with Crippen molar-refractivity contribution in [2.75, 3.05) is 18.4 Å². The van der Waals surface area contributed by atoms with E-state index in [1.165, 1.54) is 40.7 Å². The lowest BCUT2D eigenvalue weighted by Gasteiger charge is -2.34. The molecule has 9 heteroatoms. The van der Waals surface area contributed by atoms with Gasteiger partial charge in [-0.3, -0.25) is 4.79 Å². The molecule has 0 aromatic heterocycles. The number of nitrogens with one attached hydrogen (secondary N) is 1. The average molecular weight is 427 g/mol. The Bertz CT molecular complexity index is 972. The fraction of sp³-hybridized carbons (Fsp3) is 0.316. The predicted molar refractivity (Wildman–Crippen MR) is 105 cm³/mol. The van der Waals surface area contributed by atoms with E-state index in [2.05, 4.69) is 5.32 Å². The van der Waals surface area contributed by atoms with E-state index in [1.807, 2.05) is 13.8 Å². The molecule has 28 heavy (non-hydrogen) atoms. The van der Waals surface area contributed by atoms with Crippen LogP contribution in [-0.2, 0) is 14.8 Å². The summed E-state index contributed by atoms with van der Waals surface area (Å²) in [5, 5.41) is 2.49. The second-order valence-corrected chi connectivity index (χ2v) is 9.03. The van der Waals surface area contributed by atoms with Gasteiger partial charge in [0.05, 0.1) is 22.1 Å². The fourth-order valence-electron chi connectivity index (χ4n) is 3.03. The Kier molecular flexibility index (Phi) is 6.04. The number of halogens is 2. The number of ether oxygens (including phenoxy) is 1. The first kappa shape index (κ1) is 20.7. The summed E-state index contributed by atoms with van der Waals surface area (Å²) < 4.78 is 45.9. The maximum atomic E-state index is 13.2. The molecule has 1 aliphatic rings. The Morgan fingerprint density at radius 3 is 2.32 bits per heavy atom. The third-order valence-corrected chi connectivity index (χ3v) is 6.45. The van der Waals surface area contributed by atoms with Crippen LogP contribution >= 0.6 is 11.6 Å². The molecule has 150 valence electrons. The Hall–Kier alpha value is -2.00. The van der Waals surface area contributed by atoms with Gasteiger partial charge in [0.25, 0.3) is 5.91 Å². The van der Waals surface area contributed by atoms with Gasteiger partial charge in [0.2, 0.25) is 10.0 Å². The van der Waals surface area contributed by atoms with Gasteiger partial charge >= 0.3 is 0 Å². The molecule has 0 spiro atoms. The van der Waals surface area contributed by atoms with E-state index in [9.17, 15) is 17.6 Å². The molecule has 1 N–H and O–H groups in total. The quantitative estimate of drug-likeness (QED) is 0.811. The van der Waals surface area contributed by atoms with Crippen molar-refractivity contribution in [3.63, 3.8) is 0 Å². The van der Waals surface area contributed by atoms with Crippen LogP contribution in [-0.4, -0.2) is 43.9 Å². The summed E-state index contributed by atoms with van der Waals surface area (Å²) >= 11 is 5.70. The number of hydrogen-bond donors (Lipinski definition) is 1. The molecule has 3 rings (SSSR count). The molecule has 0 radical (unpaired) electrons. The number of anilines is 1. The minimum Gasteiger partial charge on any atom is -0.373 e. The lowest BCUT2D eigenvalue weighted by atomic mass is 10.2. The number of carbonyl (C=O) groups excluding carboxylic acids is 1. The Balaban J connectivity index is 1.75. The van der Waals surface area contributed by atoms with Crippen LogP contribution in [0.1, 0.15) is 24.2 Å².